The molecule has 2 aromatic rings. The highest BCUT2D eigenvalue weighted by atomic mass is 35.5. The molecule has 12 heteroatoms. The first-order valence-electron chi connectivity index (χ1n) is 11.1. The highest BCUT2D eigenvalue weighted by molar-refractivity contribution is 7.92. The summed E-state index contributed by atoms with van der Waals surface area (Å²) < 4.78 is 28.7. The molecule has 0 unspecified atom stereocenters. The second kappa shape index (κ2) is 10.2. The SMILES string of the molecule is C[C@H]1CN(S(=O)(=O)C=Cc2ccc(Cl)s2)CC(=O)N1CC1CCN(c2ccc(=O)n(C)n2)CC1. The maximum Gasteiger partial charge on any atom is 0.266 e. The number of piperidine rings is 1. The van der Waals surface area contributed by atoms with Gasteiger partial charge in [-0.05, 0) is 50.0 Å². The zero-order chi connectivity index (χ0) is 24.5. The van der Waals surface area contributed by atoms with Gasteiger partial charge in [-0.1, -0.05) is 11.6 Å². The highest BCUT2D eigenvalue weighted by Gasteiger charge is 2.36. The van der Waals surface area contributed by atoms with Gasteiger partial charge >= 0.3 is 0 Å². The summed E-state index contributed by atoms with van der Waals surface area (Å²) in [6.07, 6.45) is 3.31. The molecule has 2 aromatic heterocycles. The maximum atomic E-state index is 12.9. The highest BCUT2D eigenvalue weighted by Crippen LogP contribution is 2.26. The van der Waals surface area contributed by atoms with Crippen molar-refractivity contribution in [3.05, 3.63) is 49.2 Å². The molecular weight excluding hydrogens is 498 g/mol. The van der Waals surface area contributed by atoms with Crippen LogP contribution in [0.3, 0.4) is 0 Å². The van der Waals surface area contributed by atoms with Gasteiger partial charge in [-0.25, -0.2) is 13.1 Å². The number of hydrogen-bond donors (Lipinski definition) is 0. The third-order valence-corrected chi connectivity index (χ3v) is 9.00. The lowest BCUT2D eigenvalue weighted by atomic mass is 9.95. The van der Waals surface area contributed by atoms with Crippen LogP contribution < -0.4 is 10.5 Å². The number of anilines is 1. The standard InChI is InChI=1S/C22H28ClN5O4S2/c1-16-13-27(34(31,32)12-9-18-3-4-19(23)33-18)15-22(30)28(16)14-17-7-10-26(11-8-17)20-5-6-21(29)25(2)24-20/h3-6,9,12,16-17H,7-8,10-11,13-15H2,1-2H3/t16-/m0/s1. The fourth-order valence-electron chi connectivity index (χ4n) is 4.36. The van der Waals surface area contributed by atoms with Gasteiger partial charge in [0, 0.05) is 55.6 Å². The average Bonchev–Trinajstić information content (AvgIpc) is 3.22. The van der Waals surface area contributed by atoms with Crippen molar-refractivity contribution in [2.75, 3.05) is 37.6 Å². The summed E-state index contributed by atoms with van der Waals surface area (Å²) in [4.78, 5) is 29.2. The van der Waals surface area contributed by atoms with E-state index >= 15 is 0 Å². The number of aromatic nitrogens is 2. The fourth-order valence-corrected chi connectivity index (χ4v) is 6.61. The molecule has 0 N–H and O–H groups in total. The minimum Gasteiger partial charge on any atom is -0.355 e. The van der Waals surface area contributed by atoms with Crippen molar-refractivity contribution in [1.29, 1.82) is 0 Å². The number of nitrogens with zero attached hydrogens (tertiary/aromatic N) is 5. The molecule has 2 saturated heterocycles. The lowest BCUT2D eigenvalue weighted by molar-refractivity contribution is -0.137. The van der Waals surface area contributed by atoms with Crippen LogP contribution in [0.4, 0.5) is 5.82 Å². The summed E-state index contributed by atoms with van der Waals surface area (Å²) in [5.41, 5.74) is -0.140. The summed E-state index contributed by atoms with van der Waals surface area (Å²) in [5.74, 6) is 0.945. The molecule has 0 aliphatic carbocycles. The first kappa shape index (κ1) is 24.9. The molecule has 2 aliphatic rings. The normalized spacial score (nSPS) is 21.0. The van der Waals surface area contributed by atoms with E-state index in [2.05, 4.69) is 10.00 Å². The molecule has 0 aromatic carbocycles. The number of carbonyl (C=O) groups is 1. The van der Waals surface area contributed by atoms with Crippen LogP contribution >= 0.6 is 22.9 Å². The van der Waals surface area contributed by atoms with E-state index in [-0.39, 0.29) is 30.6 Å². The lowest BCUT2D eigenvalue weighted by Gasteiger charge is -2.41. The average molecular weight is 526 g/mol. The molecule has 0 radical (unpaired) electrons. The molecule has 9 nitrogen and oxygen atoms in total. The van der Waals surface area contributed by atoms with Crippen molar-refractivity contribution in [2.45, 2.75) is 25.8 Å². The first-order valence-corrected chi connectivity index (χ1v) is 13.8. The Balaban J connectivity index is 1.32. The maximum absolute atomic E-state index is 12.9. The number of hydrogen-bond acceptors (Lipinski definition) is 7. The number of sulfonamides is 1. The van der Waals surface area contributed by atoms with Gasteiger partial charge < -0.3 is 9.80 Å². The van der Waals surface area contributed by atoms with Crippen molar-refractivity contribution in [3.63, 3.8) is 0 Å². The van der Waals surface area contributed by atoms with E-state index in [9.17, 15) is 18.0 Å². The zero-order valence-electron chi connectivity index (χ0n) is 19.1. The quantitative estimate of drug-likeness (QED) is 0.574. The van der Waals surface area contributed by atoms with Gasteiger partial charge in [0.1, 0.15) is 5.82 Å². The van der Waals surface area contributed by atoms with E-state index in [4.69, 9.17) is 11.6 Å². The molecule has 34 heavy (non-hydrogen) atoms. The summed E-state index contributed by atoms with van der Waals surface area (Å²) in [7, 11) is -2.07. The minimum atomic E-state index is -3.71. The van der Waals surface area contributed by atoms with Crippen LogP contribution in [-0.2, 0) is 21.9 Å². The van der Waals surface area contributed by atoms with E-state index < -0.39 is 10.0 Å². The van der Waals surface area contributed by atoms with E-state index in [1.54, 1.807) is 25.2 Å². The number of thiophene rings is 1. The fraction of sp³-hybridized carbons (Fsp3) is 0.500. The Morgan fingerprint density at radius 2 is 1.91 bits per heavy atom. The van der Waals surface area contributed by atoms with Crippen LogP contribution in [0.15, 0.2) is 34.5 Å². The number of amides is 1. The number of rotatable bonds is 6. The smallest absolute Gasteiger partial charge is 0.266 e. The van der Waals surface area contributed by atoms with Crippen LogP contribution in [0.2, 0.25) is 4.34 Å². The van der Waals surface area contributed by atoms with Gasteiger partial charge in [-0.15, -0.1) is 11.3 Å². The molecular formula is C22H28ClN5O4S2. The molecule has 0 saturated carbocycles. The predicted molar refractivity (Wildman–Crippen MR) is 134 cm³/mol. The number of piperazine rings is 1. The zero-order valence-corrected chi connectivity index (χ0v) is 21.5. The second-order valence-electron chi connectivity index (χ2n) is 8.76. The second-order valence-corrected chi connectivity index (χ2v) is 12.3. The molecule has 2 fully saturated rings. The molecule has 1 atom stereocenters. The molecule has 4 heterocycles. The molecule has 1 amide bonds. The Bertz CT molecular complexity index is 1230. The Morgan fingerprint density at radius 3 is 2.53 bits per heavy atom. The van der Waals surface area contributed by atoms with Crippen LogP contribution in [0.5, 0.6) is 0 Å². The van der Waals surface area contributed by atoms with Crippen LogP contribution in [0, 0.1) is 5.92 Å². The predicted octanol–water partition coefficient (Wildman–Crippen LogP) is 2.25. The third-order valence-electron chi connectivity index (χ3n) is 6.33. The van der Waals surface area contributed by atoms with Gasteiger partial charge in [0.05, 0.1) is 10.9 Å². The number of aryl methyl sites for hydroxylation is 1. The largest absolute Gasteiger partial charge is 0.355 e. The summed E-state index contributed by atoms with van der Waals surface area (Å²) >= 11 is 7.19. The Morgan fingerprint density at radius 1 is 1.18 bits per heavy atom. The van der Waals surface area contributed by atoms with Gasteiger partial charge in [0.25, 0.3) is 5.56 Å². The summed E-state index contributed by atoms with van der Waals surface area (Å²) in [6, 6.07) is 6.53. The molecule has 184 valence electrons. The van der Waals surface area contributed by atoms with E-state index in [0.29, 0.717) is 16.8 Å². The molecule has 0 spiro atoms. The monoisotopic (exact) mass is 525 g/mol. The number of halogens is 1. The minimum absolute atomic E-state index is 0.140. The molecule has 2 aliphatic heterocycles. The van der Waals surface area contributed by atoms with Crippen molar-refractivity contribution in [2.24, 2.45) is 13.0 Å². The van der Waals surface area contributed by atoms with Crippen molar-refractivity contribution >= 4 is 50.8 Å². The summed E-state index contributed by atoms with van der Waals surface area (Å²) in [5, 5.41) is 5.47. The molecule has 0 bridgehead atoms. The van der Waals surface area contributed by atoms with E-state index in [1.165, 1.54) is 32.5 Å². The van der Waals surface area contributed by atoms with Gasteiger partial charge in [-0.3, -0.25) is 9.59 Å². The van der Waals surface area contributed by atoms with Crippen molar-refractivity contribution < 1.29 is 13.2 Å². The summed E-state index contributed by atoms with van der Waals surface area (Å²) in [6.45, 7) is 4.22. The van der Waals surface area contributed by atoms with Gasteiger partial charge in [0.2, 0.25) is 15.9 Å². The van der Waals surface area contributed by atoms with E-state index in [0.717, 1.165) is 42.0 Å². The Hall–Kier alpha value is -2.21. The van der Waals surface area contributed by atoms with Crippen molar-refractivity contribution in [1.82, 2.24) is 19.0 Å². The lowest BCUT2D eigenvalue weighted by Crippen LogP contribution is -2.57. The Labute approximate surface area is 208 Å². The van der Waals surface area contributed by atoms with E-state index in [1.807, 2.05) is 11.8 Å². The first-order chi connectivity index (χ1) is 16.1. The van der Waals surface area contributed by atoms with Crippen molar-refractivity contribution in [3.8, 4) is 0 Å². The van der Waals surface area contributed by atoms with Crippen LogP contribution in [0.25, 0.3) is 6.08 Å². The number of carbonyl (C=O) groups excluding carboxylic acids is 1. The third kappa shape index (κ3) is 5.70. The topological polar surface area (TPSA) is 95.8 Å². The Kier molecular flexibility index (Phi) is 7.46. The van der Waals surface area contributed by atoms with Gasteiger partial charge in [-0.2, -0.15) is 9.40 Å². The van der Waals surface area contributed by atoms with Crippen LogP contribution in [-0.4, -0.2) is 72.1 Å². The molecule has 4 rings (SSSR count). The van der Waals surface area contributed by atoms with Gasteiger partial charge in [0.15, 0.2) is 0 Å². The van der Waals surface area contributed by atoms with Crippen LogP contribution in [0.1, 0.15) is 24.6 Å².